The van der Waals surface area contributed by atoms with Gasteiger partial charge in [0.2, 0.25) is 0 Å². The number of hydrogen-bond donors (Lipinski definition) is 1. The van der Waals surface area contributed by atoms with Gasteiger partial charge in [-0.3, -0.25) is 4.79 Å². The zero-order valence-electron chi connectivity index (χ0n) is 22.2. The second kappa shape index (κ2) is 13.7. The number of nitrogens with zero attached hydrogens (tertiary/aromatic N) is 1. The quantitative estimate of drug-likeness (QED) is 0.242. The number of aliphatic carboxylic acids is 1. The van der Waals surface area contributed by atoms with E-state index in [4.69, 9.17) is 21.1 Å². The molecule has 0 radical (unpaired) electrons. The molecule has 1 atom stereocenters. The second-order valence-electron chi connectivity index (χ2n) is 9.27. The van der Waals surface area contributed by atoms with Crippen LogP contribution in [-0.4, -0.2) is 40.7 Å². The van der Waals surface area contributed by atoms with Crippen molar-refractivity contribution in [3.63, 3.8) is 0 Å². The van der Waals surface area contributed by atoms with Crippen molar-refractivity contribution in [2.45, 2.75) is 51.6 Å². The lowest BCUT2D eigenvalue weighted by atomic mass is 9.91. The van der Waals surface area contributed by atoms with Crippen molar-refractivity contribution in [2.24, 2.45) is 0 Å². The lowest BCUT2D eigenvalue weighted by molar-refractivity contribution is -0.166. The lowest BCUT2D eigenvalue weighted by Crippen LogP contribution is -2.43. The molecule has 0 heterocycles. The van der Waals surface area contributed by atoms with Gasteiger partial charge in [0.05, 0.1) is 5.56 Å². The van der Waals surface area contributed by atoms with Gasteiger partial charge in [0.1, 0.15) is 5.75 Å². The molecule has 6 nitrogen and oxygen atoms in total. The van der Waals surface area contributed by atoms with Gasteiger partial charge in [0.25, 0.3) is 5.91 Å². The molecule has 0 bridgehead atoms. The third kappa shape index (κ3) is 8.47. The van der Waals surface area contributed by atoms with Crippen molar-refractivity contribution in [2.75, 3.05) is 13.2 Å². The Labute approximate surface area is 236 Å². The van der Waals surface area contributed by atoms with Crippen LogP contribution in [0.3, 0.4) is 0 Å². The minimum Gasteiger partial charge on any atom is -0.484 e. The molecule has 0 spiro atoms. The number of halogens is 4. The predicted molar refractivity (Wildman–Crippen MR) is 145 cm³/mol. The summed E-state index contributed by atoms with van der Waals surface area (Å²) in [6.07, 6.45) is -3.98. The molecule has 0 saturated carbocycles. The number of benzene rings is 3. The summed E-state index contributed by atoms with van der Waals surface area (Å²) in [4.78, 5) is 26.5. The molecule has 0 saturated heterocycles. The second-order valence-corrected chi connectivity index (χ2v) is 9.70. The summed E-state index contributed by atoms with van der Waals surface area (Å²) >= 11 is 5.97. The van der Waals surface area contributed by atoms with Crippen LogP contribution >= 0.6 is 11.6 Å². The zero-order chi connectivity index (χ0) is 29.3. The Bertz CT molecular complexity index is 1260. The van der Waals surface area contributed by atoms with E-state index in [0.29, 0.717) is 22.8 Å². The average molecular weight is 578 g/mol. The summed E-state index contributed by atoms with van der Waals surface area (Å²) in [5.74, 6) is -0.991. The third-order valence-corrected chi connectivity index (χ3v) is 6.70. The Morgan fingerprint density at radius 1 is 0.850 bits per heavy atom. The highest BCUT2D eigenvalue weighted by molar-refractivity contribution is 6.30. The van der Waals surface area contributed by atoms with E-state index in [9.17, 15) is 27.9 Å². The van der Waals surface area contributed by atoms with Crippen LogP contribution in [0.25, 0.3) is 0 Å². The van der Waals surface area contributed by atoms with Crippen LogP contribution in [0.2, 0.25) is 5.02 Å². The highest BCUT2D eigenvalue weighted by Crippen LogP contribution is 2.29. The summed E-state index contributed by atoms with van der Waals surface area (Å²) in [6.45, 7) is 3.74. The van der Waals surface area contributed by atoms with E-state index in [1.807, 2.05) is 0 Å². The number of hydrogen-bond acceptors (Lipinski definition) is 4. The minimum atomic E-state index is -4.45. The van der Waals surface area contributed by atoms with Gasteiger partial charge in [-0.2, -0.15) is 13.2 Å². The van der Waals surface area contributed by atoms with Gasteiger partial charge in [0.15, 0.2) is 12.2 Å². The number of amides is 1. The molecule has 0 fully saturated rings. The van der Waals surface area contributed by atoms with E-state index in [1.165, 1.54) is 17.0 Å². The Balaban J connectivity index is 1.70. The number of carbonyl (C=O) groups excluding carboxylic acids is 1. The van der Waals surface area contributed by atoms with Crippen LogP contribution in [0, 0.1) is 0 Å². The molecule has 214 valence electrons. The summed E-state index contributed by atoms with van der Waals surface area (Å²) in [5.41, 5.74) is -0.0245. The summed E-state index contributed by atoms with van der Waals surface area (Å²) in [5, 5.41) is 10.2. The molecule has 3 aromatic carbocycles. The molecule has 0 aliphatic heterocycles. The number of alkyl halides is 3. The fourth-order valence-corrected chi connectivity index (χ4v) is 4.30. The van der Waals surface area contributed by atoms with Crippen LogP contribution in [-0.2, 0) is 40.0 Å². The maximum Gasteiger partial charge on any atom is 0.416 e. The Kier molecular flexibility index (Phi) is 10.6. The van der Waals surface area contributed by atoms with E-state index in [0.717, 1.165) is 23.3 Å². The van der Waals surface area contributed by atoms with E-state index < -0.39 is 23.3 Å². The Hall–Kier alpha value is -3.56. The van der Waals surface area contributed by atoms with Crippen molar-refractivity contribution >= 4 is 23.5 Å². The van der Waals surface area contributed by atoms with Gasteiger partial charge in [-0.25, -0.2) is 4.79 Å². The lowest BCUT2D eigenvalue weighted by Gasteiger charge is -2.28. The fourth-order valence-electron chi connectivity index (χ4n) is 4.17. The third-order valence-electron chi connectivity index (χ3n) is 6.45. The smallest absolute Gasteiger partial charge is 0.416 e. The van der Waals surface area contributed by atoms with E-state index in [1.54, 1.807) is 62.4 Å². The van der Waals surface area contributed by atoms with Crippen LogP contribution in [0.1, 0.15) is 42.5 Å². The first-order chi connectivity index (χ1) is 19.0. The van der Waals surface area contributed by atoms with E-state index in [-0.39, 0.29) is 38.6 Å². The summed E-state index contributed by atoms with van der Waals surface area (Å²) in [6, 6.07) is 18.3. The largest absolute Gasteiger partial charge is 0.484 e. The van der Waals surface area contributed by atoms with Crippen molar-refractivity contribution in [1.82, 2.24) is 4.90 Å². The molecule has 3 rings (SSSR count). The molecule has 1 amide bonds. The van der Waals surface area contributed by atoms with Crippen molar-refractivity contribution < 1.29 is 37.3 Å². The zero-order valence-corrected chi connectivity index (χ0v) is 23.0. The summed E-state index contributed by atoms with van der Waals surface area (Å²) in [7, 11) is 0. The molecule has 10 heteroatoms. The summed E-state index contributed by atoms with van der Waals surface area (Å²) < 4.78 is 50.2. The minimum absolute atomic E-state index is 0.0770. The Morgan fingerprint density at radius 2 is 1.38 bits per heavy atom. The first-order valence-corrected chi connectivity index (χ1v) is 13.1. The maximum absolute atomic E-state index is 13.2. The van der Waals surface area contributed by atoms with Gasteiger partial charge < -0.3 is 19.5 Å². The predicted octanol–water partition coefficient (Wildman–Crippen LogP) is 6.78. The number of carboxylic acids is 1. The molecule has 0 aliphatic carbocycles. The molecular formula is C30H31ClF3NO5. The van der Waals surface area contributed by atoms with Gasteiger partial charge >= 0.3 is 12.1 Å². The molecule has 40 heavy (non-hydrogen) atoms. The topological polar surface area (TPSA) is 76.1 Å². The molecular weight excluding hydrogens is 547 g/mol. The van der Waals surface area contributed by atoms with Crippen molar-refractivity contribution in [1.29, 1.82) is 0 Å². The SMILES string of the molecule is CCO[C@@](CC)(Cc1ccc(OCC(=O)N(Cc2ccc(Cl)cc2)Cc2ccc(C(F)(F)F)cc2)cc1)C(=O)O. The first kappa shape index (κ1) is 31.0. The maximum atomic E-state index is 13.2. The molecule has 0 aliphatic rings. The van der Waals surface area contributed by atoms with Crippen molar-refractivity contribution in [3.8, 4) is 5.75 Å². The number of rotatable bonds is 13. The first-order valence-electron chi connectivity index (χ1n) is 12.7. The number of carbonyl (C=O) groups is 2. The molecule has 0 unspecified atom stereocenters. The van der Waals surface area contributed by atoms with Crippen LogP contribution in [0.15, 0.2) is 72.8 Å². The van der Waals surface area contributed by atoms with Gasteiger partial charge in [-0.15, -0.1) is 0 Å². The van der Waals surface area contributed by atoms with E-state index >= 15 is 0 Å². The molecule has 1 N–H and O–H groups in total. The average Bonchev–Trinajstić information content (AvgIpc) is 2.92. The fraction of sp³-hybridized carbons (Fsp3) is 0.333. The van der Waals surface area contributed by atoms with Gasteiger partial charge in [-0.1, -0.05) is 54.9 Å². The Morgan fingerprint density at radius 3 is 1.85 bits per heavy atom. The van der Waals surface area contributed by atoms with Gasteiger partial charge in [0, 0.05) is 31.1 Å². The highest BCUT2D eigenvalue weighted by Gasteiger charge is 2.37. The number of carboxylic acid groups (broad SMARTS) is 1. The molecule has 3 aromatic rings. The monoisotopic (exact) mass is 577 g/mol. The normalized spacial score (nSPS) is 12.9. The van der Waals surface area contributed by atoms with Crippen molar-refractivity contribution in [3.05, 3.63) is 100 Å². The van der Waals surface area contributed by atoms with Crippen LogP contribution < -0.4 is 4.74 Å². The molecule has 0 aromatic heterocycles. The standard InChI is InChI=1S/C30H31ClF3NO5/c1-3-29(28(37)38,40-4-2)17-21-9-15-26(16-10-21)39-20-27(36)35(19-23-7-13-25(31)14-8-23)18-22-5-11-24(12-6-22)30(32,33)34/h5-16H,3-4,17-20H2,1-2H3,(H,37,38)/t29-/m0/s1. The van der Waals surface area contributed by atoms with Crippen LogP contribution in [0.4, 0.5) is 13.2 Å². The van der Waals surface area contributed by atoms with E-state index in [2.05, 4.69) is 0 Å². The van der Waals surface area contributed by atoms with Gasteiger partial charge in [-0.05, 0) is 66.4 Å². The number of ether oxygens (including phenoxy) is 2. The highest BCUT2D eigenvalue weighted by atomic mass is 35.5. The van der Waals surface area contributed by atoms with Crippen LogP contribution in [0.5, 0.6) is 5.75 Å².